The van der Waals surface area contributed by atoms with Crippen LogP contribution < -0.4 is 5.32 Å². The van der Waals surface area contributed by atoms with Gasteiger partial charge in [-0.2, -0.15) is 0 Å². The normalized spacial score (nSPS) is 15.7. The number of hydrogen-bond donors (Lipinski definition) is 1. The van der Waals surface area contributed by atoms with Crippen LogP contribution in [0.25, 0.3) is 0 Å². The van der Waals surface area contributed by atoms with Crippen LogP contribution in [0.5, 0.6) is 0 Å². The second kappa shape index (κ2) is 7.17. The van der Waals surface area contributed by atoms with E-state index in [-0.39, 0.29) is 24.1 Å². The Bertz CT molecular complexity index is 513. The summed E-state index contributed by atoms with van der Waals surface area (Å²) in [5.41, 5.74) is 0.507. The Kier molecular flexibility index (Phi) is 5.27. The van der Waals surface area contributed by atoms with Crippen LogP contribution >= 0.6 is 0 Å². The van der Waals surface area contributed by atoms with Crippen LogP contribution in [0.4, 0.5) is 5.69 Å². The molecule has 21 heavy (non-hydrogen) atoms. The van der Waals surface area contributed by atoms with E-state index in [1.807, 2.05) is 11.8 Å². The third-order valence-electron chi connectivity index (χ3n) is 3.94. The quantitative estimate of drug-likeness (QED) is 0.662. The molecule has 0 spiro atoms. The van der Waals surface area contributed by atoms with E-state index in [1.54, 1.807) is 18.2 Å². The Morgan fingerprint density at radius 1 is 1.38 bits per heavy atom. The third-order valence-corrected chi connectivity index (χ3v) is 3.94. The number of nitrogens with zero attached hydrogens (tertiary/aromatic N) is 2. The molecule has 6 heteroatoms. The molecule has 1 amide bonds. The van der Waals surface area contributed by atoms with Crippen molar-refractivity contribution in [1.82, 2.24) is 10.2 Å². The van der Waals surface area contributed by atoms with Gasteiger partial charge in [0, 0.05) is 24.2 Å². The predicted octanol–water partition coefficient (Wildman–Crippen LogP) is 1.74. The molecule has 0 saturated carbocycles. The van der Waals surface area contributed by atoms with Crippen molar-refractivity contribution >= 4 is 11.6 Å². The molecule has 0 bridgehead atoms. The van der Waals surface area contributed by atoms with E-state index in [1.165, 1.54) is 6.07 Å². The van der Waals surface area contributed by atoms with Crippen molar-refractivity contribution in [3.8, 4) is 0 Å². The molecule has 1 fully saturated rings. The standard InChI is InChI=1S/C15H21N3O3/c1-2-17(13-7-9-16-10-8-13)15(19)11-12-5-3-4-6-14(12)18(20)21/h3-6,13,16H,2,7-11H2,1H3. The average molecular weight is 291 g/mol. The number of para-hydroxylation sites is 1. The average Bonchev–Trinajstić information content (AvgIpc) is 2.49. The number of nitrogens with one attached hydrogen (secondary N) is 1. The van der Waals surface area contributed by atoms with Crippen LogP contribution in [0, 0.1) is 10.1 Å². The number of benzene rings is 1. The van der Waals surface area contributed by atoms with Gasteiger partial charge in [0.25, 0.3) is 5.69 Å². The van der Waals surface area contributed by atoms with E-state index in [0.717, 1.165) is 25.9 Å². The molecule has 1 aliphatic rings. The molecule has 6 nitrogen and oxygen atoms in total. The third kappa shape index (κ3) is 3.78. The molecule has 0 atom stereocenters. The molecule has 1 heterocycles. The van der Waals surface area contributed by atoms with Gasteiger partial charge < -0.3 is 10.2 Å². The van der Waals surface area contributed by atoms with Gasteiger partial charge in [0.15, 0.2) is 0 Å². The van der Waals surface area contributed by atoms with E-state index < -0.39 is 4.92 Å². The van der Waals surface area contributed by atoms with Gasteiger partial charge in [-0.15, -0.1) is 0 Å². The Hall–Kier alpha value is -1.95. The summed E-state index contributed by atoms with van der Waals surface area (Å²) in [7, 11) is 0. The molecule has 0 aliphatic carbocycles. The molecule has 1 N–H and O–H groups in total. The van der Waals surface area contributed by atoms with Crippen LogP contribution in [-0.4, -0.2) is 41.4 Å². The molecule has 1 saturated heterocycles. The van der Waals surface area contributed by atoms with Gasteiger partial charge in [-0.05, 0) is 32.9 Å². The van der Waals surface area contributed by atoms with E-state index in [0.29, 0.717) is 12.1 Å². The minimum atomic E-state index is -0.427. The summed E-state index contributed by atoms with van der Waals surface area (Å²) >= 11 is 0. The minimum Gasteiger partial charge on any atom is -0.340 e. The predicted molar refractivity (Wildman–Crippen MR) is 80.1 cm³/mol. The van der Waals surface area contributed by atoms with Crippen LogP contribution in [0.2, 0.25) is 0 Å². The van der Waals surface area contributed by atoms with Crippen molar-refractivity contribution < 1.29 is 9.72 Å². The van der Waals surface area contributed by atoms with Gasteiger partial charge >= 0.3 is 0 Å². The van der Waals surface area contributed by atoms with Gasteiger partial charge in [-0.25, -0.2) is 0 Å². The number of carbonyl (C=O) groups is 1. The van der Waals surface area contributed by atoms with E-state index in [4.69, 9.17) is 0 Å². The fourth-order valence-electron chi connectivity index (χ4n) is 2.86. The first-order valence-electron chi connectivity index (χ1n) is 7.36. The Morgan fingerprint density at radius 2 is 2.05 bits per heavy atom. The SMILES string of the molecule is CCN(C(=O)Cc1ccccc1[N+](=O)[O-])C1CCNCC1. The first-order chi connectivity index (χ1) is 10.1. The number of carbonyl (C=O) groups excluding carboxylic acids is 1. The van der Waals surface area contributed by atoms with Crippen molar-refractivity contribution in [1.29, 1.82) is 0 Å². The monoisotopic (exact) mass is 291 g/mol. The summed E-state index contributed by atoms with van der Waals surface area (Å²) in [6.07, 6.45) is 1.97. The maximum atomic E-state index is 12.5. The molecular formula is C15H21N3O3. The lowest BCUT2D eigenvalue weighted by atomic mass is 10.0. The summed E-state index contributed by atoms with van der Waals surface area (Å²) < 4.78 is 0. The lowest BCUT2D eigenvalue weighted by Crippen LogP contribution is -2.46. The van der Waals surface area contributed by atoms with Crippen LogP contribution in [-0.2, 0) is 11.2 Å². The second-order valence-corrected chi connectivity index (χ2v) is 5.22. The summed E-state index contributed by atoms with van der Waals surface area (Å²) in [5, 5.41) is 14.3. The van der Waals surface area contributed by atoms with Crippen LogP contribution in [0.3, 0.4) is 0 Å². The maximum Gasteiger partial charge on any atom is 0.273 e. The fourth-order valence-corrected chi connectivity index (χ4v) is 2.86. The van der Waals surface area contributed by atoms with Gasteiger partial charge in [0.05, 0.1) is 11.3 Å². The number of nitro groups is 1. The number of likely N-dealkylation sites (N-methyl/N-ethyl adjacent to an activating group) is 1. The zero-order chi connectivity index (χ0) is 15.2. The van der Waals surface area contributed by atoms with Crippen LogP contribution in [0.15, 0.2) is 24.3 Å². The number of rotatable bonds is 5. The number of hydrogen-bond acceptors (Lipinski definition) is 4. The molecule has 114 valence electrons. The molecule has 1 aliphatic heterocycles. The Morgan fingerprint density at radius 3 is 2.67 bits per heavy atom. The molecule has 0 unspecified atom stereocenters. The minimum absolute atomic E-state index is 0.0206. The topological polar surface area (TPSA) is 75.5 Å². The first-order valence-corrected chi connectivity index (χ1v) is 7.36. The molecular weight excluding hydrogens is 270 g/mol. The summed E-state index contributed by atoms with van der Waals surface area (Å²) in [6.45, 7) is 4.43. The van der Waals surface area contributed by atoms with Crippen molar-refractivity contribution in [2.45, 2.75) is 32.2 Å². The highest BCUT2D eigenvalue weighted by Crippen LogP contribution is 2.20. The van der Waals surface area contributed by atoms with Gasteiger partial charge in [0.2, 0.25) is 5.91 Å². The molecule has 0 radical (unpaired) electrons. The fraction of sp³-hybridized carbons (Fsp3) is 0.533. The highest BCUT2D eigenvalue weighted by Gasteiger charge is 2.25. The highest BCUT2D eigenvalue weighted by molar-refractivity contribution is 5.80. The van der Waals surface area contributed by atoms with E-state index in [2.05, 4.69) is 5.32 Å². The maximum absolute atomic E-state index is 12.5. The summed E-state index contributed by atoms with van der Waals surface area (Å²) in [6, 6.07) is 6.70. The smallest absolute Gasteiger partial charge is 0.273 e. The Balaban J connectivity index is 2.10. The van der Waals surface area contributed by atoms with Crippen molar-refractivity contribution in [3.63, 3.8) is 0 Å². The largest absolute Gasteiger partial charge is 0.340 e. The van der Waals surface area contributed by atoms with Gasteiger partial charge in [-0.3, -0.25) is 14.9 Å². The lowest BCUT2D eigenvalue weighted by molar-refractivity contribution is -0.385. The second-order valence-electron chi connectivity index (χ2n) is 5.22. The summed E-state index contributed by atoms with van der Waals surface area (Å²) in [5.74, 6) is -0.0290. The first kappa shape index (κ1) is 15.4. The number of piperidine rings is 1. The van der Waals surface area contributed by atoms with E-state index in [9.17, 15) is 14.9 Å². The molecule has 1 aromatic rings. The van der Waals surface area contributed by atoms with Gasteiger partial charge in [0.1, 0.15) is 0 Å². The van der Waals surface area contributed by atoms with Gasteiger partial charge in [-0.1, -0.05) is 18.2 Å². The van der Waals surface area contributed by atoms with Crippen molar-refractivity contribution in [2.75, 3.05) is 19.6 Å². The highest BCUT2D eigenvalue weighted by atomic mass is 16.6. The number of nitro benzene ring substituents is 1. The summed E-state index contributed by atoms with van der Waals surface area (Å²) in [4.78, 5) is 24.9. The lowest BCUT2D eigenvalue weighted by Gasteiger charge is -2.34. The van der Waals surface area contributed by atoms with Crippen molar-refractivity contribution in [2.24, 2.45) is 0 Å². The number of amides is 1. The zero-order valence-electron chi connectivity index (χ0n) is 12.2. The van der Waals surface area contributed by atoms with Crippen LogP contribution in [0.1, 0.15) is 25.3 Å². The molecule has 1 aromatic carbocycles. The van der Waals surface area contributed by atoms with E-state index >= 15 is 0 Å². The van der Waals surface area contributed by atoms with Crippen molar-refractivity contribution in [3.05, 3.63) is 39.9 Å². The molecule has 0 aromatic heterocycles. The Labute approximate surface area is 124 Å². The molecule has 2 rings (SSSR count). The zero-order valence-corrected chi connectivity index (χ0v) is 12.2.